The molecule has 0 bridgehead atoms. The van der Waals surface area contributed by atoms with Crippen molar-refractivity contribution in [3.63, 3.8) is 0 Å². The van der Waals surface area contributed by atoms with Gasteiger partial charge in [0.2, 0.25) is 5.91 Å². The summed E-state index contributed by atoms with van der Waals surface area (Å²) < 4.78 is 135. The molecular weight excluding hydrogens is 1100 g/mol. The van der Waals surface area contributed by atoms with E-state index in [9.17, 15) is 80.3 Å². The van der Waals surface area contributed by atoms with Crippen LogP contribution in [0.3, 0.4) is 0 Å². The Bertz CT molecular complexity index is 2810. The molecular formula is C52H51F6N3O20. The van der Waals surface area contributed by atoms with Crippen molar-refractivity contribution in [1.82, 2.24) is 16.0 Å². The predicted molar refractivity (Wildman–Crippen MR) is 255 cm³/mol. The minimum atomic E-state index is -5.68. The number of hydrogen-bond acceptors (Lipinski definition) is 20. The van der Waals surface area contributed by atoms with Gasteiger partial charge in [-0.3, -0.25) is 14.4 Å². The molecule has 3 heterocycles. The summed E-state index contributed by atoms with van der Waals surface area (Å²) in [5.74, 6) is -10.9. The maximum atomic E-state index is 14.1. The highest BCUT2D eigenvalue weighted by molar-refractivity contribution is 5.92. The fraction of sp³-hybridized carbons (Fsp3) is 0.404. The van der Waals surface area contributed by atoms with Gasteiger partial charge in [0.1, 0.15) is 48.6 Å². The van der Waals surface area contributed by atoms with E-state index in [0.29, 0.717) is 0 Å². The van der Waals surface area contributed by atoms with Crippen LogP contribution in [0, 0.1) is 0 Å². The van der Waals surface area contributed by atoms with Crippen LogP contribution >= 0.6 is 0 Å². The number of halogens is 6. The normalized spacial score (nSPS) is 28.5. The van der Waals surface area contributed by atoms with E-state index in [0.717, 1.165) is 6.92 Å². The average molecular weight is 1150 g/mol. The fourth-order valence-corrected chi connectivity index (χ4v) is 8.63. The smallest absolute Gasteiger partial charge is 0.452 e. The van der Waals surface area contributed by atoms with Gasteiger partial charge in [0, 0.05) is 6.92 Å². The number of amides is 3. The van der Waals surface area contributed by atoms with Gasteiger partial charge in [0.25, 0.3) is 0 Å². The summed E-state index contributed by atoms with van der Waals surface area (Å²) in [5, 5.41) is 50.1. The number of benzene rings is 4. The van der Waals surface area contributed by atoms with Crippen molar-refractivity contribution in [3.05, 3.63) is 144 Å². The minimum absolute atomic E-state index is 0.0738. The number of esters is 4. The number of aliphatic hydroxyl groups excluding tert-OH is 4. The van der Waals surface area contributed by atoms with Crippen LogP contribution in [-0.2, 0) is 57.0 Å². The number of alkyl halides is 6. The summed E-state index contributed by atoms with van der Waals surface area (Å²) in [5.41, 5.74) is -0.535. The van der Waals surface area contributed by atoms with E-state index < -0.39 is 166 Å². The highest BCUT2D eigenvalue weighted by atomic mass is 19.4. The molecule has 7 N–H and O–H groups in total. The van der Waals surface area contributed by atoms with Crippen molar-refractivity contribution >= 4 is 41.6 Å². The molecule has 0 saturated carbocycles. The molecule has 23 nitrogen and oxygen atoms in total. The van der Waals surface area contributed by atoms with Gasteiger partial charge in [0.05, 0.1) is 42.1 Å². The van der Waals surface area contributed by atoms with E-state index >= 15 is 0 Å². The maximum Gasteiger partial charge on any atom is 0.471 e. The molecule has 3 aliphatic rings. The first-order chi connectivity index (χ1) is 38.4. The molecule has 0 aromatic heterocycles. The highest BCUT2D eigenvalue weighted by Gasteiger charge is 2.56. The van der Waals surface area contributed by atoms with Crippen molar-refractivity contribution in [1.29, 1.82) is 0 Å². The van der Waals surface area contributed by atoms with E-state index in [1.165, 1.54) is 115 Å². The molecule has 81 heavy (non-hydrogen) atoms. The molecule has 3 aliphatic heterocycles. The summed E-state index contributed by atoms with van der Waals surface area (Å²) in [6.07, 6.45) is -37.3. The summed E-state index contributed by atoms with van der Waals surface area (Å²) in [6, 6.07) is 21.3. The first kappa shape index (κ1) is 61.0. The standard InChI is InChI=1S/C52H51F6N3O20/c1-25(63)59-34-40(80-44(68)28-18-10-4-11-19-28)39(79-43(67)27-16-8-3-9-17-27)32(75-46(34)70)24-74-47-33(60-49(71)51(53,54)55)37(65)36(64)31(77-47)23-73-48-35(61-50(72)52(56,57)58)41(81-45(69)29-20-12-5-13-21-29)38(30(22-62)76-48)78-42(66)26-14-6-2-7-15-26/h2-21,30-41,46-48,62,64-65,70H,22-24H2,1H3,(H,59,63)(H,60,71)(H,61,72)/t30-,31-,32-,33-,34-,35-,36-,37-,38-,39-,40-,41-,46-,47-,48-/m1/s1. The van der Waals surface area contributed by atoms with Crippen LogP contribution in [0.15, 0.2) is 121 Å². The predicted octanol–water partition coefficient (Wildman–Crippen LogP) is 1.40. The topological polar surface area (TPSA) is 320 Å². The molecule has 0 aliphatic carbocycles. The lowest BCUT2D eigenvalue weighted by molar-refractivity contribution is -0.313. The second kappa shape index (κ2) is 26.8. The molecule has 0 unspecified atom stereocenters. The van der Waals surface area contributed by atoms with Crippen LogP contribution in [0.1, 0.15) is 48.4 Å². The van der Waals surface area contributed by atoms with Crippen molar-refractivity contribution < 1.29 is 123 Å². The van der Waals surface area contributed by atoms with Gasteiger partial charge >= 0.3 is 48.0 Å². The third-order valence-corrected chi connectivity index (χ3v) is 12.5. The number of rotatable bonds is 18. The molecule has 4 aromatic rings. The van der Waals surface area contributed by atoms with Gasteiger partial charge < -0.3 is 79.0 Å². The lowest BCUT2D eigenvalue weighted by atomic mass is 9.95. The number of nitrogens with one attached hydrogen (secondary N) is 3. The van der Waals surface area contributed by atoms with Gasteiger partial charge in [0.15, 0.2) is 43.3 Å². The number of ether oxygens (including phenoxy) is 9. The molecule has 15 atom stereocenters. The maximum absolute atomic E-state index is 14.1. The summed E-state index contributed by atoms with van der Waals surface area (Å²) >= 11 is 0. The van der Waals surface area contributed by atoms with Crippen molar-refractivity contribution in [2.24, 2.45) is 0 Å². The molecule has 3 saturated heterocycles. The molecule has 3 amide bonds. The van der Waals surface area contributed by atoms with Crippen LogP contribution in [0.4, 0.5) is 26.3 Å². The zero-order valence-corrected chi connectivity index (χ0v) is 41.9. The third kappa shape index (κ3) is 15.4. The van der Waals surface area contributed by atoms with Gasteiger partial charge in [-0.1, -0.05) is 72.8 Å². The quantitative estimate of drug-likeness (QED) is 0.0421. The molecule has 436 valence electrons. The highest BCUT2D eigenvalue weighted by Crippen LogP contribution is 2.33. The zero-order chi connectivity index (χ0) is 58.8. The first-order valence-electron chi connectivity index (χ1n) is 24.4. The Labute approximate surface area is 454 Å². The monoisotopic (exact) mass is 1150 g/mol. The third-order valence-electron chi connectivity index (χ3n) is 12.5. The van der Waals surface area contributed by atoms with E-state index in [1.54, 1.807) is 17.4 Å². The van der Waals surface area contributed by atoms with Crippen LogP contribution in [0.25, 0.3) is 0 Å². The zero-order valence-electron chi connectivity index (χ0n) is 41.9. The van der Waals surface area contributed by atoms with Crippen LogP contribution in [-0.4, -0.2) is 186 Å². The summed E-state index contributed by atoms with van der Waals surface area (Å²) in [4.78, 5) is 91.9. The Morgan fingerprint density at radius 2 is 0.802 bits per heavy atom. The molecule has 3 fully saturated rings. The molecule has 0 spiro atoms. The molecule has 4 aromatic carbocycles. The van der Waals surface area contributed by atoms with Gasteiger partial charge in [-0.05, 0) is 48.5 Å². The van der Waals surface area contributed by atoms with E-state index in [1.807, 2.05) is 0 Å². The van der Waals surface area contributed by atoms with Gasteiger partial charge in [-0.2, -0.15) is 26.3 Å². The minimum Gasteiger partial charge on any atom is -0.452 e. The lowest BCUT2D eigenvalue weighted by Gasteiger charge is -2.47. The lowest BCUT2D eigenvalue weighted by Crippen LogP contribution is -2.69. The van der Waals surface area contributed by atoms with Crippen molar-refractivity contribution in [2.45, 2.75) is 111 Å². The second-order valence-corrected chi connectivity index (χ2v) is 18.1. The second-order valence-electron chi connectivity index (χ2n) is 18.1. The Balaban J connectivity index is 1.21. The van der Waals surface area contributed by atoms with Crippen LogP contribution in [0.5, 0.6) is 0 Å². The number of hydrogen-bond donors (Lipinski definition) is 7. The van der Waals surface area contributed by atoms with Crippen LogP contribution < -0.4 is 16.0 Å². The summed E-state index contributed by atoms with van der Waals surface area (Å²) in [6.45, 7) is -2.51. The first-order valence-corrected chi connectivity index (χ1v) is 24.4. The van der Waals surface area contributed by atoms with Crippen LogP contribution in [0.2, 0.25) is 0 Å². The number of carbonyl (C=O) groups is 7. The van der Waals surface area contributed by atoms with Gasteiger partial charge in [-0.15, -0.1) is 0 Å². The largest absolute Gasteiger partial charge is 0.471 e. The fourth-order valence-electron chi connectivity index (χ4n) is 8.63. The van der Waals surface area contributed by atoms with Gasteiger partial charge in [-0.25, -0.2) is 19.2 Å². The number of aliphatic hydroxyl groups is 4. The Kier molecular flexibility index (Phi) is 20.2. The van der Waals surface area contributed by atoms with Crippen molar-refractivity contribution in [3.8, 4) is 0 Å². The average Bonchev–Trinajstić information content (AvgIpc) is 3.52. The summed E-state index contributed by atoms with van der Waals surface area (Å²) in [7, 11) is 0. The van der Waals surface area contributed by atoms with E-state index in [4.69, 9.17) is 42.6 Å². The SMILES string of the molecule is CC(=O)N[C@@H]1[C@@H](OC(=O)c2ccccc2)[C@H](OC(=O)c2ccccc2)[C@@H](CO[C@@H]2O[C@H](CO[C@@H]3O[C@H](CO)[C@@H](OC(=O)c4ccccc4)[C@H](OC(=O)c4ccccc4)[C@H]3NC(=O)C(F)(F)F)[C@@H](O)[C@H](O)[C@H]2NC(=O)C(F)(F)F)O[C@H]1O. The molecule has 29 heteroatoms. The van der Waals surface area contributed by atoms with E-state index in [-0.39, 0.29) is 22.3 Å². The Morgan fingerprint density at radius 3 is 1.20 bits per heavy atom. The molecule has 7 rings (SSSR count). The van der Waals surface area contributed by atoms with Crippen molar-refractivity contribution in [2.75, 3.05) is 19.8 Å². The Morgan fingerprint density at radius 1 is 0.457 bits per heavy atom. The van der Waals surface area contributed by atoms with E-state index in [2.05, 4.69) is 5.32 Å². The number of carbonyl (C=O) groups excluding carboxylic acids is 7. The molecule has 0 radical (unpaired) electrons. The Hall–Kier alpha value is -7.61.